The number of amides is 2. The van der Waals surface area contributed by atoms with Crippen molar-refractivity contribution in [3.63, 3.8) is 0 Å². The first-order valence-electron chi connectivity index (χ1n) is 7.99. The lowest BCUT2D eigenvalue weighted by atomic mass is 9.88. The molecule has 0 aromatic heterocycles. The first-order chi connectivity index (χ1) is 9.87. The molecule has 0 aliphatic carbocycles. The number of piperazine rings is 1. The van der Waals surface area contributed by atoms with E-state index < -0.39 is 5.54 Å². The monoisotopic (exact) mass is 314 g/mol. The van der Waals surface area contributed by atoms with E-state index in [0.29, 0.717) is 13.0 Å². The Labute approximate surface area is 133 Å². The Kier molecular flexibility index (Phi) is 7.04. The van der Waals surface area contributed by atoms with E-state index >= 15 is 0 Å². The second-order valence-corrected chi connectivity index (χ2v) is 7.40. The van der Waals surface area contributed by atoms with Gasteiger partial charge in [-0.2, -0.15) is 11.8 Å². The van der Waals surface area contributed by atoms with Crippen molar-refractivity contribution in [2.45, 2.75) is 65.0 Å². The molecule has 1 N–H and O–H groups in total. The van der Waals surface area contributed by atoms with Crippen molar-refractivity contribution in [1.29, 1.82) is 0 Å². The van der Waals surface area contributed by atoms with Crippen LogP contribution in [-0.4, -0.2) is 46.8 Å². The van der Waals surface area contributed by atoms with E-state index in [1.54, 1.807) is 0 Å². The second kappa shape index (κ2) is 8.06. The molecule has 5 heteroatoms. The van der Waals surface area contributed by atoms with Gasteiger partial charge in [0.2, 0.25) is 11.8 Å². The molecule has 0 aromatic carbocycles. The third kappa shape index (κ3) is 4.38. The molecule has 1 aliphatic heterocycles. The molecular weight excluding hydrogens is 284 g/mol. The first kappa shape index (κ1) is 18.3. The maximum absolute atomic E-state index is 12.8. The van der Waals surface area contributed by atoms with Gasteiger partial charge in [-0.15, -0.1) is 0 Å². The summed E-state index contributed by atoms with van der Waals surface area (Å²) in [5.41, 5.74) is -0.734. The van der Waals surface area contributed by atoms with Crippen molar-refractivity contribution < 1.29 is 9.59 Å². The van der Waals surface area contributed by atoms with Gasteiger partial charge in [0, 0.05) is 6.54 Å². The highest BCUT2D eigenvalue weighted by atomic mass is 32.2. The zero-order valence-electron chi connectivity index (χ0n) is 14.1. The number of rotatable bonds is 8. The highest BCUT2D eigenvalue weighted by Crippen LogP contribution is 2.25. The van der Waals surface area contributed by atoms with Gasteiger partial charge in [0.05, 0.1) is 0 Å². The summed E-state index contributed by atoms with van der Waals surface area (Å²) in [5, 5.41) is 2.93. The Bertz CT molecular complexity index is 373. The highest BCUT2D eigenvalue weighted by molar-refractivity contribution is 7.98. The van der Waals surface area contributed by atoms with Gasteiger partial charge in [0.25, 0.3) is 0 Å². The predicted octanol–water partition coefficient (Wildman–Crippen LogP) is 2.67. The van der Waals surface area contributed by atoms with E-state index in [2.05, 4.69) is 11.6 Å². The van der Waals surface area contributed by atoms with Crippen LogP contribution in [0.1, 0.15) is 53.4 Å². The summed E-state index contributed by atoms with van der Waals surface area (Å²) < 4.78 is 0. The highest BCUT2D eigenvalue weighted by Gasteiger charge is 2.47. The van der Waals surface area contributed by atoms with Crippen molar-refractivity contribution in [3.05, 3.63) is 0 Å². The van der Waals surface area contributed by atoms with Crippen LogP contribution in [0.3, 0.4) is 0 Å². The predicted molar refractivity (Wildman–Crippen MR) is 89.4 cm³/mol. The lowest BCUT2D eigenvalue weighted by Gasteiger charge is -2.45. The van der Waals surface area contributed by atoms with E-state index in [0.717, 1.165) is 18.6 Å². The van der Waals surface area contributed by atoms with Gasteiger partial charge >= 0.3 is 0 Å². The van der Waals surface area contributed by atoms with Crippen LogP contribution in [0.15, 0.2) is 0 Å². The zero-order valence-corrected chi connectivity index (χ0v) is 14.9. The van der Waals surface area contributed by atoms with Crippen LogP contribution in [0.25, 0.3) is 0 Å². The van der Waals surface area contributed by atoms with E-state index in [1.807, 2.05) is 44.4 Å². The molecule has 21 heavy (non-hydrogen) atoms. The minimum Gasteiger partial charge on any atom is -0.340 e. The van der Waals surface area contributed by atoms with Crippen LogP contribution in [0, 0.1) is 5.92 Å². The number of carbonyl (C=O) groups is 2. The summed E-state index contributed by atoms with van der Waals surface area (Å²) in [5.74, 6) is 1.38. The van der Waals surface area contributed by atoms with Crippen LogP contribution >= 0.6 is 11.8 Å². The molecule has 0 aromatic rings. The Morgan fingerprint density at radius 1 is 1.29 bits per heavy atom. The maximum Gasteiger partial charge on any atom is 0.248 e. The average Bonchev–Trinajstić information content (AvgIpc) is 2.43. The fourth-order valence-electron chi connectivity index (χ4n) is 2.83. The molecule has 0 bridgehead atoms. The van der Waals surface area contributed by atoms with Gasteiger partial charge in [0.1, 0.15) is 11.6 Å². The van der Waals surface area contributed by atoms with Gasteiger partial charge in [-0.3, -0.25) is 9.59 Å². The second-order valence-electron chi connectivity index (χ2n) is 6.42. The maximum atomic E-state index is 12.8. The molecular formula is C16H30N2O2S. The minimum absolute atomic E-state index is 0.00179. The Morgan fingerprint density at radius 3 is 2.48 bits per heavy atom. The molecule has 2 atom stereocenters. The molecule has 1 fully saturated rings. The number of hydrogen-bond acceptors (Lipinski definition) is 3. The topological polar surface area (TPSA) is 49.4 Å². The lowest BCUT2D eigenvalue weighted by molar-refractivity contribution is -0.156. The van der Waals surface area contributed by atoms with E-state index in [-0.39, 0.29) is 23.8 Å². The van der Waals surface area contributed by atoms with Gasteiger partial charge in [-0.25, -0.2) is 0 Å². The summed E-state index contributed by atoms with van der Waals surface area (Å²) >= 11 is 1.85. The van der Waals surface area contributed by atoms with Crippen LogP contribution in [0.2, 0.25) is 0 Å². The minimum atomic E-state index is -0.734. The number of carbonyl (C=O) groups excluding carboxylic acids is 2. The molecule has 0 radical (unpaired) electrons. The molecule has 2 amide bonds. The number of nitrogens with one attached hydrogen (secondary N) is 1. The third-order valence-electron chi connectivity index (χ3n) is 4.32. The van der Waals surface area contributed by atoms with Crippen LogP contribution in [0.5, 0.6) is 0 Å². The molecule has 4 nitrogen and oxygen atoms in total. The first-order valence-corrected chi connectivity index (χ1v) is 9.38. The molecule has 122 valence electrons. The van der Waals surface area contributed by atoms with Crippen molar-refractivity contribution in [2.75, 3.05) is 18.6 Å². The smallest absolute Gasteiger partial charge is 0.248 e. The van der Waals surface area contributed by atoms with Crippen molar-refractivity contribution in [3.8, 4) is 0 Å². The van der Waals surface area contributed by atoms with E-state index in [4.69, 9.17) is 0 Å². The Hall–Kier alpha value is -0.710. The summed E-state index contributed by atoms with van der Waals surface area (Å²) in [6.07, 6.45) is 6.00. The number of nitrogens with zero attached hydrogens (tertiary/aromatic N) is 1. The summed E-state index contributed by atoms with van der Waals surface area (Å²) in [7, 11) is 0. The van der Waals surface area contributed by atoms with Crippen molar-refractivity contribution in [1.82, 2.24) is 10.2 Å². The van der Waals surface area contributed by atoms with Crippen molar-refractivity contribution >= 4 is 23.6 Å². The molecule has 1 saturated heterocycles. The fourth-order valence-corrected chi connectivity index (χ4v) is 3.33. The Morgan fingerprint density at radius 2 is 1.95 bits per heavy atom. The van der Waals surface area contributed by atoms with E-state index in [9.17, 15) is 9.59 Å². The normalized spacial score (nSPS) is 26.4. The number of hydrogen-bond donors (Lipinski definition) is 1. The van der Waals surface area contributed by atoms with Crippen LogP contribution in [0.4, 0.5) is 0 Å². The third-order valence-corrected chi connectivity index (χ3v) is 5.02. The zero-order chi connectivity index (χ0) is 16.0. The quantitative estimate of drug-likeness (QED) is 0.701. The average molecular weight is 314 g/mol. The van der Waals surface area contributed by atoms with E-state index in [1.165, 1.54) is 6.42 Å². The Balaban J connectivity index is 2.76. The van der Waals surface area contributed by atoms with Gasteiger partial charge < -0.3 is 10.2 Å². The SMILES string of the molecule is CCC1(C)NC(=O)C(C(C)C)N(CCCCCSC)C1=O. The molecule has 1 aliphatic rings. The number of thioether (sulfide) groups is 1. The standard InChI is InChI=1S/C16H30N2O2S/c1-6-16(4)15(20)18(10-8-7-9-11-21-5)13(12(2)3)14(19)17-16/h12-13H,6-11H2,1-5H3,(H,17,19). The molecule has 0 saturated carbocycles. The van der Waals surface area contributed by atoms with Gasteiger partial charge in [0.15, 0.2) is 0 Å². The summed E-state index contributed by atoms with van der Waals surface area (Å²) in [6, 6.07) is -0.322. The van der Waals surface area contributed by atoms with Gasteiger partial charge in [-0.05, 0) is 44.1 Å². The van der Waals surface area contributed by atoms with Crippen LogP contribution < -0.4 is 5.32 Å². The van der Waals surface area contributed by atoms with Crippen molar-refractivity contribution in [2.24, 2.45) is 5.92 Å². The molecule has 2 unspecified atom stereocenters. The largest absolute Gasteiger partial charge is 0.340 e. The molecule has 0 spiro atoms. The number of unbranched alkanes of at least 4 members (excludes halogenated alkanes) is 2. The molecule has 1 heterocycles. The summed E-state index contributed by atoms with van der Waals surface area (Å²) in [4.78, 5) is 27.0. The lowest BCUT2D eigenvalue weighted by Crippen LogP contribution is -2.70. The van der Waals surface area contributed by atoms with Gasteiger partial charge in [-0.1, -0.05) is 27.2 Å². The fraction of sp³-hybridized carbons (Fsp3) is 0.875. The summed E-state index contributed by atoms with van der Waals surface area (Å²) in [6.45, 7) is 8.49. The molecule has 1 rings (SSSR count). The van der Waals surface area contributed by atoms with Crippen LogP contribution in [-0.2, 0) is 9.59 Å².